The average molecular weight is 445 g/mol. The smallest absolute Gasteiger partial charge is 0.265 e. The molecular formula is C22H21ClN2O4S. The summed E-state index contributed by atoms with van der Waals surface area (Å²) in [7, 11) is -3.81. The molecule has 0 saturated heterocycles. The molecule has 0 saturated carbocycles. The lowest BCUT2D eigenvalue weighted by atomic mass is 10.2. The first-order valence-corrected chi connectivity index (χ1v) is 11.1. The molecule has 0 heterocycles. The predicted molar refractivity (Wildman–Crippen MR) is 118 cm³/mol. The number of para-hydroxylation sites is 2. The van der Waals surface area contributed by atoms with Crippen LogP contribution in [0.25, 0.3) is 0 Å². The second-order valence-electron chi connectivity index (χ2n) is 6.43. The molecule has 3 rings (SSSR count). The zero-order chi connectivity index (χ0) is 21.6. The van der Waals surface area contributed by atoms with Gasteiger partial charge in [-0.15, -0.1) is 0 Å². The first-order chi connectivity index (χ1) is 14.4. The molecule has 0 aromatic heterocycles. The number of hydrogen-bond acceptors (Lipinski definition) is 4. The molecule has 1 amide bonds. The van der Waals surface area contributed by atoms with Gasteiger partial charge in [0.1, 0.15) is 5.75 Å². The molecule has 0 spiro atoms. The Morgan fingerprint density at radius 3 is 2.23 bits per heavy atom. The van der Waals surface area contributed by atoms with Crippen molar-refractivity contribution in [2.75, 3.05) is 10.0 Å². The van der Waals surface area contributed by atoms with E-state index in [-0.39, 0.29) is 10.8 Å². The molecule has 30 heavy (non-hydrogen) atoms. The fourth-order valence-electron chi connectivity index (χ4n) is 2.67. The van der Waals surface area contributed by atoms with Gasteiger partial charge in [-0.1, -0.05) is 48.9 Å². The van der Waals surface area contributed by atoms with Crippen molar-refractivity contribution in [3.8, 4) is 5.75 Å². The number of hydrogen-bond donors (Lipinski definition) is 2. The Hall–Kier alpha value is -3.03. The first kappa shape index (κ1) is 21.7. The topological polar surface area (TPSA) is 84.5 Å². The molecule has 8 heteroatoms. The molecule has 2 N–H and O–H groups in total. The number of carbonyl (C=O) groups excluding carboxylic acids is 1. The number of anilines is 2. The van der Waals surface area contributed by atoms with Crippen LogP contribution in [0.2, 0.25) is 5.02 Å². The first-order valence-electron chi connectivity index (χ1n) is 9.29. The van der Waals surface area contributed by atoms with E-state index >= 15 is 0 Å². The van der Waals surface area contributed by atoms with Crippen LogP contribution in [0.5, 0.6) is 5.75 Å². The Balaban J connectivity index is 1.67. The van der Waals surface area contributed by atoms with Crippen molar-refractivity contribution >= 4 is 38.9 Å². The largest absolute Gasteiger partial charge is 0.481 e. The number of rotatable bonds is 8. The van der Waals surface area contributed by atoms with Crippen molar-refractivity contribution in [3.63, 3.8) is 0 Å². The molecule has 6 nitrogen and oxygen atoms in total. The minimum absolute atomic E-state index is 0.0491. The van der Waals surface area contributed by atoms with Gasteiger partial charge >= 0.3 is 0 Å². The van der Waals surface area contributed by atoms with Crippen LogP contribution in [0.4, 0.5) is 11.4 Å². The van der Waals surface area contributed by atoms with E-state index in [4.69, 9.17) is 16.3 Å². The summed E-state index contributed by atoms with van der Waals surface area (Å²) >= 11 is 6.02. The van der Waals surface area contributed by atoms with Gasteiger partial charge in [0.05, 0.1) is 15.6 Å². The van der Waals surface area contributed by atoms with Crippen LogP contribution in [0, 0.1) is 0 Å². The van der Waals surface area contributed by atoms with Crippen molar-refractivity contribution in [3.05, 3.63) is 83.9 Å². The summed E-state index contributed by atoms with van der Waals surface area (Å²) in [5.41, 5.74) is 0.757. The van der Waals surface area contributed by atoms with E-state index < -0.39 is 16.1 Å². The lowest BCUT2D eigenvalue weighted by molar-refractivity contribution is -0.122. The van der Waals surface area contributed by atoms with Gasteiger partial charge in [0, 0.05) is 5.69 Å². The second-order valence-corrected chi connectivity index (χ2v) is 8.52. The molecule has 0 unspecified atom stereocenters. The van der Waals surface area contributed by atoms with Crippen molar-refractivity contribution < 1.29 is 17.9 Å². The van der Waals surface area contributed by atoms with E-state index in [2.05, 4.69) is 10.0 Å². The van der Waals surface area contributed by atoms with Gasteiger partial charge in [0.15, 0.2) is 6.10 Å². The highest BCUT2D eigenvalue weighted by molar-refractivity contribution is 7.92. The van der Waals surface area contributed by atoms with Crippen LogP contribution in [0.15, 0.2) is 83.8 Å². The van der Waals surface area contributed by atoms with Crippen molar-refractivity contribution in [1.82, 2.24) is 0 Å². The van der Waals surface area contributed by atoms with E-state index in [0.29, 0.717) is 28.6 Å². The molecule has 0 aliphatic carbocycles. The normalized spacial score (nSPS) is 12.1. The summed E-state index contributed by atoms with van der Waals surface area (Å²) in [6.07, 6.45) is -0.188. The van der Waals surface area contributed by atoms with Crippen LogP contribution in [-0.4, -0.2) is 20.4 Å². The molecule has 0 radical (unpaired) electrons. The number of carbonyl (C=O) groups is 1. The number of amides is 1. The zero-order valence-corrected chi connectivity index (χ0v) is 17.8. The maximum Gasteiger partial charge on any atom is 0.265 e. The molecular weight excluding hydrogens is 424 g/mol. The minimum atomic E-state index is -3.81. The molecule has 3 aromatic rings. The number of halogens is 1. The Bertz CT molecular complexity index is 1100. The van der Waals surface area contributed by atoms with Crippen molar-refractivity contribution in [2.24, 2.45) is 0 Å². The summed E-state index contributed by atoms with van der Waals surface area (Å²) in [4.78, 5) is 12.6. The summed E-state index contributed by atoms with van der Waals surface area (Å²) < 4.78 is 33.3. The second kappa shape index (κ2) is 9.65. The van der Waals surface area contributed by atoms with Gasteiger partial charge < -0.3 is 10.1 Å². The number of sulfonamides is 1. The highest BCUT2D eigenvalue weighted by Gasteiger charge is 2.19. The standard InChI is InChI=1S/C22H21ClN2O4S/c1-2-21(29-17-8-4-3-5-9-17)22(26)24-16-12-14-18(15-13-16)30(27,28)25-20-11-7-6-10-19(20)23/h3-15,21,25H,2H2,1H3,(H,24,26)/t21-/m0/s1. The van der Waals surface area contributed by atoms with Crippen LogP contribution < -0.4 is 14.8 Å². The van der Waals surface area contributed by atoms with Gasteiger partial charge in [-0.05, 0) is 55.0 Å². The highest BCUT2D eigenvalue weighted by atomic mass is 35.5. The van der Waals surface area contributed by atoms with E-state index in [0.717, 1.165) is 0 Å². The summed E-state index contributed by atoms with van der Waals surface area (Å²) in [5.74, 6) is 0.290. The predicted octanol–water partition coefficient (Wildman–Crippen LogP) is 4.94. The summed E-state index contributed by atoms with van der Waals surface area (Å²) in [6.45, 7) is 1.85. The third-order valence-electron chi connectivity index (χ3n) is 4.24. The highest BCUT2D eigenvalue weighted by Crippen LogP contribution is 2.24. The maximum absolute atomic E-state index is 12.6. The van der Waals surface area contributed by atoms with Gasteiger partial charge in [0.2, 0.25) is 0 Å². The monoisotopic (exact) mass is 444 g/mol. The molecule has 0 fully saturated rings. The lowest BCUT2D eigenvalue weighted by Gasteiger charge is -2.17. The lowest BCUT2D eigenvalue weighted by Crippen LogP contribution is -2.32. The molecule has 1 atom stereocenters. The van der Waals surface area contributed by atoms with Crippen LogP contribution in [-0.2, 0) is 14.8 Å². The van der Waals surface area contributed by atoms with Crippen LogP contribution in [0.3, 0.4) is 0 Å². The van der Waals surface area contributed by atoms with Gasteiger partial charge in [-0.2, -0.15) is 0 Å². The van der Waals surface area contributed by atoms with Crippen LogP contribution in [0.1, 0.15) is 13.3 Å². The molecule has 0 bridgehead atoms. The van der Waals surface area contributed by atoms with E-state index in [1.807, 2.05) is 25.1 Å². The Labute approximate surface area is 180 Å². The Kier molecular flexibility index (Phi) is 6.97. The van der Waals surface area contributed by atoms with E-state index in [1.54, 1.807) is 36.4 Å². The van der Waals surface area contributed by atoms with Crippen LogP contribution >= 0.6 is 11.6 Å². The Morgan fingerprint density at radius 2 is 1.60 bits per heavy atom. The van der Waals surface area contributed by atoms with Gasteiger partial charge in [0.25, 0.3) is 15.9 Å². The molecule has 0 aliphatic rings. The number of ether oxygens (including phenoxy) is 1. The third-order valence-corrected chi connectivity index (χ3v) is 5.95. The van der Waals surface area contributed by atoms with Crippen molar-refractivity contribution in [1.29, 1.82) is 0 Å². The zero-order valence-electron chi connectivity index (χ0n) is 16.2. The van der Waals surface area contributed by atoms with Gasteiger partial charge in [-0.3, -0.25) is 9.52 Å². The summed E-state index contributed by atoms with van der Waals surface area (Å²) in [6, 6.07) is 21.5. The third kappa shape index (κ3) is 5.52. The quantitative estimate of drug-likeness (QED) is 0.515. The number of nitrogens with one attached hydrogen (secondary N) is 2. The van der Waals surface area contributed by atoms with E-state index in [1.165, 1.54) is 24.3 Å². The van der Waals surface area contributed by atoms with Gasteiger partial charge in [-0.25, -0.2) is 8.42 Å². The fraction of sp³-hybridized carbons (Fsp3) is 0.136. The molecule has 0 aliphatic heterocycles. The molecule has 3 aromatic carbocycles. The van der Waals surface area contributed by atoms with E-state index in [9.17, 15) is 13.2 Å². The Morgan fingerprint density at radius 1 is 0.967 bits per heavy atom. The molecule has 156 valence electrons. The summed E-state index contributed by atoms with van der Waals surface area (Å²) in [5, 5.41) is 3.05. The SMILES string of the molecule is CC[C@H](Oc1ccccc1)C(=O)Nc1ccc(S(=O)(=O)Nc2ccccc2Cl)cc1. The number of benzene rings is 3. The average Bonchev–Trinajstić information content (AvgIpc) is 2.74. The minimum Gasteiger partial charge on any atom is -0.481 e. The maximum atomic E-state index is 12.6. The fourth-order valence-corrected chi connectivity index (χ4v) is 3.99. The van der Waals surface area contributed by atoms with Crippen molar-refractivity contribution in [2.45, 2.75) is 24.3 Å².